The van der Waals surface area contributed by atoms with Crippen molar-refractivity contribution in [2.24, 2.45) is 0 Å². The van der Waals surface area contributed by atoms with E-state index in [4.69, 9.17) is 13.3 Å². The van der Waals surface area contributed by atoms with Gasteiger partial charge < -0.3 is 23.6 Å². The van der Waals surface area contributed by atoms with E-state index in [1.807, 2.05) is 0 Å². The zero-order valence-electron chi connectivity index (χ0n) is 20.8. The lowest BCUT2D eigenvalue weighted by atomic mass is 10.2. The van der Waals surface area contributed by atoms with E-state index in [-0.39, 0.29) is 30.3 Å². The van der Waals surface area contributed by atoms with Crippen molar-refractivity contribution in [1.29, 1.82) is 0 Å². The molecule has 0 unspecified atom stereocenters. The number of hydrogen-bond donors (Lipinski definition) is 1. The van der Waals surface area contributed by atoms with Gasteiger partial charge in [-0.05, 0) is 66.2 Å². The van der Waals surface area contributed by atoms with E-state index >= 15 is 0 Å². The van der Waals surface area contributed by atoms with Crippen LogP contribution < -0.4 is 14.2 Å². The Hall–Kier alpha value is -4.52. The fourth-order valence-electron chi connectivity index (χ4n) is 3.66. The molecule has 0 saturated heterocycles. The molecule has 210 valence electrons. The number of hydrogen-bond acceptors (Lipinski definition) is 6. The number of nitrogens with one attached hydrogen (secondary N) is 1. The van der Waals surface area contributed by atoms with E-state index in [2.05, 4.69) is 5.32 Å². The Bertz CT molecular complexity index is 1590. The van der Waals surface area contributed by atoms with Gasteiger partial charge in [-0.25, -0.2) is 9.18 Å². The molecule has 0 aliphatic heterocycles. The Kier molecular flexibility index (Phi) is 8.33. The number of nitrogens with zero attached hydrogens (tertiary/aromatic N) is 1. The van der Waals surface area contributed by atoms with E-state index in [0.717, 1.165) is 24.3 Å². The van der Waals surface area contributed by atoms with Crippen molar-refractivity contribution in [3.63, 3.8) is 0 Å². The maximum absolute atomic E-state index is 13.6. The van der Waals surface area contributed by atoms with Gasteiger partial charge in [-0.1, -0.05) is 18.2 Å². The van der Waals surface area contributed by atoms with Gasteiger partial charge in [-0.2, -0.15) is 21.6 Å². The number of ether oxygens (including phenoxy) is 1. The molecule has 0 spiro atoms. The predicted molar refractivity (Wildman–Crippen MR) is 136 cm³/mol. The van der Waals surface area contributed by atoms with Crippen molar-refractivity contribution in [2.75, 3.05) is 12.4 Å². The highest BCUT2D eigenvalue weighted by molar-refractivity contribution is 7.87. The Morgan fingerprint density at radius 2 is 1.73 bits per heavy atom. The van der Waals surface area contributed by atoms with Crippen LogP contribution in [0, 0.1) is 5.82 Å². The summed E-state index contributed by atoms with van der Waals surface area (Å²) in [6.07, 6.45) is -3.33. The lowest BCUT2D eigenvalue weighted by Crippen LogP contribution is -2.34. The molecule has 3 aromatic carbocycles. The molecule has 0 saturated carbocycles. The molecule has 1 heterocycles. The third-order valence-electron chi connectivity index (χ3n) is 5.54. The monoisotopic (exact) mass is 578 g/mol. The number of urea groups is 1. The van der Waals surface area contributed by atoms with Crippen LogP contribution in [-0.2, 0) is 29.4 Å². The topological polar surface area (TPSA) is 98.1 Å². The largest absolute Gasteiger partial charge is 0.493 e. The predicted octanol–water partition coefficient (Wildman–Crippen LogP) is 6.45. The van der Waals surface area contributed by atoms with Gasteiger partial charge >= 0.3 is 22.3 Å². The third-order valence-corrected chi connectivity index (χ3v) is 6.77. The Morgan fingerprint density at radius 3 is 2.40 bits per heavy atom. The smallest absolute Gasteiger partial charge is 0.416 e. The van der Waals surface area contributed by atoms with E-state index < -0.39 is 38.6 Å². The number of methoxy groups -OCH3 is 1. The SMILES string of the molecule is COc1ccc(CN(Cc2ccco2)C(=O)Nc2cccc(F)c2)cc1OS(=O)(=O)c1cccc(C(F)(F)F)c1. The van der Waals surface area contributed by atoms with Crippen LogP contribution in [0.4, 0.5) is 28.0 Å². The number of halogens is 4. The zero-order valence-corrected chi connectivity index (χ0v) is 21.6. The molecule has 0 aliphatic carbocycles. The molecule has 0 radical (unpaired) electrons. The molecule has 0 atom stereocenters. The van der Waals surface area contributed by atoms with Crippen molar-refractivity contribution in [1.82, 2.24) is 4.90 Å². The van der Waals surface area contributed by atoms with Crippen molar-refractivity contribution < 1.29 is 44.1 Å². The molecule has 4 rings (SSSR count). The molecule has 1 aromatic heterocycles. The molecular weight excluding hydrogens is 556 g/mol. The van der Waals surface area contributed by atoms with E-state index in [0.29, 0.717) is 17.4 Å². The van der Waals surface area contributed by atoms with Gasteiger partial charge in [0.2, 0.25) is 0 Å². The van der Waals surface area contributed by atoms with Gasteiger partial charge in [-0.15, -0.1) is 0 Å². The van der Waals surface area contributed by atoms with Gasteiger partial charge in [0.15, 0.2) is 11.5 Å². The van der Waals surface area contributed by atoms with Crippen molar-refractivity contribution >= 4 is 21.8 Å². The first kappa shape index (κ1) is 28.5. The zero-order chi connectivity index (χ0) is 28.9. The average Bonchev–Trinajstić information content (AvgIpc) is 3.41. The van der Waals surface area contributed by atoms with Crippen LogP contribution in [0.15, 0.2) is 94.4 Å². The number of rotatable bonds is 9. The molecule has 0 aliphatic rings. The van der Waals surface area contributed by atoms with Gasteiger partial charge in [0.05, 0.1) is 25.5 Å². The highest BCUT2D eigenvalue weighted by Gasteiger charge is 2.32. The summed E-state index contributed by atoms with van der Waals surface area (Å²) < 4.78 is 94.4. The molecule has 4 aromatic rings. The van der Waals surface area contributed by atoms with Gasteiger partial charge in [0.1, 0.15) is 16.5 Å². The Balaban J connectivity index is 1.61. The third kappa shape index (κ3) is 7.11. The second-order valence-corrected chi connectivity index (χ2v) is 9.97. The molecule has 2 amide bonds. The van der Waals surface area contributed by atoms with Gasteiger partial charge in [-0.3, -0.25) is 0 Å². The minimum Gasteiger partial charge on any atom is -0.493 e. The second-order valence-electron chi connectivity index (χ2n) is 8.42. The van der Waals surface area contributed by atoms with E-state index in [1.165, 1.54) is 48.6 Å². The van der Waals surface area contributed by atoms with Crippen LogP contribution >= 0.6 is 0 Å². The average molecular weight is 579 g/mol. The molecule has 8 nitrogen and oxygen atoms in total. The quantitative estimate of drug-likeness (QED) is 0.181. The highest BCUT2D eigenvalue weighted by Crippen LogP contribution is 2.34. The summed E-state index contributed by atoms with van der Waals surface area (Å²) in [6.45, 7) is -0.0925. The maximum Gasteiger partial charge on any atom is 0.416 e. The Morgan fingerprint density at radius 1 is 0.950 bits per heavy atom. The summed E-state index contributed by atoms with van der Waals surface area (Å²) in [6, 6.07) is 15.3. The summed E-state index contributed by atoms with van der Waals surface area (Å²) in [5, 5.41) is 2.59. The number of anilines is 1. The molecule has 40 heavy (non-hydrogen) atoms. The van der Waals surface area contributed by atoms with Crippen LogP contribution in [0.3, 0.4) is 0 Å². The first-order valence-electron chi connectivity index (χ1n) is 11.6. The maximum atomic E-state index is 13.6. The normalized spacial score (nSPS) is 11.6. The second kappa shape index (κ2) is 11.7. The standard InChI is InChI=1S/C27H22F4N2O6S/c1-37-24-11-10-18(13-25(24)39-40(35,36)23-9-2-5-19(14-23)27(29,30)31)16-33(17-22-8-4-12-38-22)26(34)32-21-7-3-6-20(28)15-21/h2-15H,16-17H2,1H3,(H,32,34). The first-order valence-corrected chi connectivity index (χ1v) is 13.0. The van der Waals surface area contributed by atoms with Crippen molar-refractivity contribution in [3.8, 4) is 11.5 Å². The number of furan rings is 1. The van der Waals surface area contributed by atoms with Crippen molar-refractivity contribution in [3.05, 3.63) is 108 Å². The van der Waals surface area contributed by atoms with Crippen LogP contribution in [-0.4, -0.2) is 26.5 Å². The lowest BCUT2D eigenvalue weighted by molar-refractivity contribution is -0.137. The molecular formula is C27H22F4N2O6S. The number of alkyl halides is 3. The summed E-state index contributed by atoms with van der Waals surface area (Å²) in [7, 11) is -3.44. The summed E-state index contributed by atoms with van der Waals surface area (Å²) in [5.41, 5.74) is -0.563. The first-order chi connectivity index (χ1) is 18.9. The van der Waals surface area contributed by atoms with Crippen molar-refractivity contribution in [2.45, 2.75) is 24.2 Å². The fourth-order valence-corrected chi connectivity index (χ4v) is 4.64. The number of carbonyl (C=O) groups is 1. The number of amides is 2. The van der Waals surface area contributed by atoms with E-state index in [1.54, 1.807) is 18.2 Å². The molecule has 0 bridgehead atoms. The molecule has 13 heteroatoms. The highest BCUT2D eigenvalue weighted by atomic mass is 32.2. The number of benzene rings is 3. The number of carbonyl (C=O) groups excluding carboxylic acids is 1. The Labute approximate surface area is 226 Å². The minimum absolute atomic E-state index is 0.00109. The van der Waals surface area contributed by atoms with Gasteiger partial charge in [0, 0.05) is 12.2 Å². The van der Waals surface area contributed by atoms with Crippen LogP contribution in [0.1, 0.15) is 16.9 Å². The van der Waals surface area contributed by atoms with Gasteiger partial charge in [0.25, 0.3) is 0 Å². The summed E-state index contributed by atoms with van der Waals surface area (Å²) >= 11 is 0. The van der Waals surface area contributed by atoms with Crippen LogP contribution in [0.25, 0.3) is 0 Å². The van der Waals surface area contributed by atoms with Crippen LogP contribution in [0.5, 0.6) is 11.5 Å². The van der Waals surface area contributed by atoms with Crippen LogP contribution in [0.2, 0.25) is 0 Å². The lowest BCUT2D eigenvalue weighted by Gasteiger charge is -2.23. The fraction of sp³-hybridized carbons (Fsp3) is 0.148. The summed E-state index contributed by atoms with van der Waals surface area (Å²) in [5.74, 6) is -0.428. The molecule has 1 N–H and O–H groups in total. The molecule has 0 fully saturated rings. The summed E-state index contributed by atoms with van der Waals surface area (Å²) in [4.78, 5) is 13.7. The minimum atomic E-state index is -4.76. The van der Waals surface area contributed by atoms with E-state index in [9.17, 15) is 30.8 Å².